The summed E-state index contributed by atoms with van der Waals surface area (Å²) in [6.07, 6.45) is -3.48. The van der Waals surface area contributed by atoms with E-state index < -0.39 is 76.9 Å². The summed E-state index contributed by atoms with van der Waals surface area (Å²) in [6.45, 7) is 3.02. The molecule has 2 fully saturated rings. The van der Waals surface area contributed by atoms with Crippen molar-refractivity contribution >= 4 is 74.3 Å². The number of aliphatic hydroxyl groups is 2. The quantitative estimate of drug-likeness (QED) is 0.0430. The second-order valence-electron chi connectivity index (χ2n) is 10.3. The Kier molecular flexibility index (Phi) is 12.7. The zero-order valence-corrected chi connectivity index (χ0v) is 29.1. The molecule has 3 aromatic rings. The summed E-state index contributed by atoms with van der Waals surface area (Å²) in [6, 6.07) is 0. The van der Waals surface area contributed by atoms with Gasteiger partial charge >= 0.3 is 14.5 Å². The van der Waals surface area contributed by atoms with E-state index >= 15 is 8.78 Å². The minimum absolute atomic E-state index is 0.139. The van der Waals surface area contributed by atoms with Crippen LogP contribution in [0.3, 0.4) is 0 Å². The molecular formula is C25H32F2N10O8P2S2+2. The van der Waals surface area contributed by atoms with E-state index in [0.717, 1.165) is 0 Å². The van der Waals surface area contributed by atoms with E-state index in [1.807, 2.05) is 0 Å². The molecule has 0 bridgehead atoms. The molecule has 18 nitrogen and oxygen atoms in total. The van der Waals surface area contributed by atoms with Crippen LogP contribution in [0, 0.1) is 0 Å². The van der Waals surface area contributed by atoms with E-state index in [0.29, 0.717) is 30.3 Å². The number of rotatable bonds is 15. The standard InChI is InChI=1S/C25H30F2N10O8P2S2/c1-28-20(16-22(29-2)36(10-34-16)24-14(26)18(44-46(40)48)12(7-38)42-24)30-5-3-4-6-31-21-17-23(33-9-32-21)37(11-35-17)25-15(27)19(45-47(41)49)13(8-39)43-25/h3-4,9-15,18-19,24-25,38-39H,2,5-8H2,1H3,(H2-2,28,30,31,32,33,40,41,48,49)/p+2/b4-3+/t12-,13-,14-,15-,18-,19-,24-,25-/m1/s1. The Bertz CT molecular complexity index is 1740. The van der Waals surface area contributed by atoms with Crippen molar-refractivity contribution in [1.29, 1.82) is 0 Å². The van der Waals surface area contributed by atoms with Crippen LogP contribution in [-0.4, -0.2) is 122 Å². The minimum atomic E-state index is -2.45. The van der Waals surface area contributed by atoms with Gasteiger partial charge in [-0.15, -0.1) is 9.05 Å². The normalized spacial score (nSPS) is 28.0. The molecule has 0 radical (unpaired) electrons. The number of halogens is 2. The number of fused-ring (bicyclic) bond motifs is 1. The highest BCUT2D eigenvalue weighted by atomic mass is 32.7. The van der Waals surface area contributed by atoms with E-state index in [1.54, 1.807) is 12.2 Å². The molecule has 2 aliphatic heterocycles. The van der Waals surface area contributed by atoms with E-state index in [-0.39, 0.29) is 17.2 Å². The molecule has 0 aromatic carbocycles. The largest absolute Gasteiger partial charge is 0.582 e. The predicted octanol–water partition coefficient (Wildman–Crippen LogP) is 2.39. The number of amidine groups is 1. The molecule has 5 rings (SSSR count). The van der Waals surface area contributed by atoms with Gasteiger partial charge in [-0.25, -0.2) is 33.7 Å². The van der Waals surface area contributed by atoms with Gasteiger partial charge in [0.25, 0.3) is 0 Å². The number of aromatic nitrogens is 6. The zero-order valence-electron chi connectivity index (χ0n) is 25.5. The smallest absolute Gasteiger partial charge is 0.394 e. The third-order valence-electron chi connectivity index (χ3n) is 7.53. The van der Waals surface area contributed by atoms with Crippen molar-refractivity contribution in [3.63, 3.8) is 0 Å². The number of alkyl halides is 2. The number of hydrogen-bond acceptors (Lipinski definition) is 15. The third-order valence-corrected chi connectivity index (χ3v) is 8.94. The van der Waals surface area contributed by atoms with Crippen molar-refractivity contribution < 1.29 is 46.6 Å². The van der Waals surface area contributed by atoms with E-state index in [4.69, 9.17) is 18.5 Å². The number of imidazole rings is 2. The number of aliphatic imine (C=N–C) groups is 2. The Morgan fingerprint density at radius 1 is 1.00 bits per heavy atom. The second kappa shape index (κ2) is 16.8. The maximum Gasteiger partial charge on any atom is 0.582 e. The first-order valence-electron chi connectivity index (χ1n) is 14.4. The molecule has 2 aliphatic rings. The maximum atomic E-state index is 15.3. The summed E-state index contributed by atoms with van der Waals surface area (Å²) >= 11 is 7.34. The monoisotopic (exact) mass is 764 g/mol. The topological polar surface area (TPSA) is 222 Å². The lowest BCUT2D eigenvalue weighted by atomic mass is 10.1. The lowest BCUT2D eigenvalue weighted by Gasteiger charge is -2.16. The van der Waals surface area contributed by atoms with Gasteiger partial charge in [0.2, 0.25) is 0 Å². The minimum Gasteiger partial charge on any atom is -0.394 e. The molecule has 10 atom stereocenters. The summed E-state index contributed by atoms with van der Waals surface area (Å²) in [4.78, 5) is 25.2. The van der Waals surface area contributed by atoms with Gasteiger partial charge in [0, 0.05) is 20.1 Å². The number of anilines is 1. The summed E-state index contributed by atoms with van der Waals surface area (Å²) < 4.78 is 77.4. The van der Waals surface area contributed by atoms with Crippen LogP contribution in [-0.2, 0) is 27.7 Å². The van der Waals surface area contributed by atoms with Crippen molar-refractivity contribution in [2.45, 2.75) is 49.2 Å². The number of thiol groups is 2. The van der Waals surface area contributed by atoms with Crippen LogP contribution in [0.2, 0.25) is 0 Å². The van der Waals surface area contributed by atoms with Crippen LogP contribution in [0.25, 0.3) is 11.2 Å². The number of ether oxygens (including phenoxy) is 2. The van der Waals surface area contributed by atoms with Crippen LogP contribution >= 0.6 is 39.0 Å². The highest BCUT2D eigenvalue weighted by molar-refractivity contribution is 8.39. The first-order valence-corrected chi connectivity index (χ1v) is 19.1. The Balaban J connectivity index is 1.20. The van der Waals surface area contributed by atoms with Crippen molar-refractivity contribution in [3.8, 4) is 0 Å². The lowest BCUT2D eigenvalue weighted by Crippen LogP contribution is -2.31. The first kappa shape index (κ1) is 37.2. The Morgan fingerprint density at radius 2 is 1.59 bits per heavy atom. The molecule has 0 amide bonds. The number of nitrogens with one attached hydrogen (secondary N) is 2. The molecular weight excluding hydrogens is 732 g/mol. The van der Waals surface area contributed by atoms with Crippen LogP contribution in [0.1, 0.15) is 18.1 Å². The van der Waals surface area contributed by atoms with Crippen molar-refractivity contribution in [3.05, 3.63) is 36.8 Å². The SMILES string of the molecule is C=Nc1c(C(=NC)NC/C=C/CNc2ncnc3c2ncn3[C@@H]2O[C@H](CO)[C@@H](O[P+](=O)S)[C@H]2F)ncn1[C@@H]1O[C@H](CO)[C@@H](O[P+](=O)S)[C@H]1F. The molecule has 0 spiro atoms. The molecule has 264 valence electrons. The van der Waals surface area contributed by atoms with Gasteiger partial charge in [-0.1, -0.05) is 12.2 Å². The van der Waals surface area contributed by atoms with Crippen molar-refractivity contribution in [2.75, 3.05) is 38.7 Å². The highest BCUT2D eigenvalue weighted by Gasteiger charge is 2.52. The van der Waals surface area contributed by atoms with E-state index in [1.165, 1.54) is 35.2 Å². The molecule has 2 saturated heterocycles. The first-order chi connectivity index (χ1) is 23.6. The van der Waals surface area contributed by atoms with Crippen molar-refractivity contribution in [1.82, 2.24) is 34.4 Å². The van der Waals surface area contributed by atoms with Crippen LogP contribution < -0.4 is 10.6 Å². The Hall–Kier alpha value is -3.04. The fourth-order valence-electron chi connectivity index (χ4n) is 5.37. The summed E-state index contributed by atoms with van der Waals surface area (Å²) in [5.41, 5.74) is 0.848. The molecule has 3 aromatic heterocycles. The van der Waals surface area contributed by atoms with E-state index in [9.17, 15) is 19.3 Å². The summed E-state index contributed by atoms with van der Waals surface area (Å²) in [7, 11) is -3.37. The summed E-state index contributed by atoms with van der Waals surface area (Å²) in [5.74, 6) is 0.818. The fourth-order valence-corrected chi connectivity index (χ4v) is 6.94. The molecule has 5 heterocycles. The third kappa shape index (κ3) is 7.98. The van der Waals surface area contributed by atoms with Gasteiger partial charge in [-0.3, -0.25) is 14.1 Å². The van der Waals surface area contributed by atoms with Gasteiger partial charge in [0.15, 0.2) is 65.6 Å². The van der Waals surface area contributed by atoms with Gasteiger partial charge in [-0.05, 0) is 15.8 Å². The predicted molar refractivity (Wildman–Crippen MR) is 180 cm³/mol. The van der Waals surface area contributed by atoms with Gasteiger partial charge in [0.05, 0.1) is 25.9 Å². The molecule has 0 saturated carbocycles. The Morgan fingerprint density at radius 3 is 2.16 bits per heavy atom. The highest BCUT2D eigenvalue weighted by Crippen LogP contribution is 2.43. The number of aliphatic hydroxyl groups excluding tert-OH is 2. The Labute approximate surface area is 289 Å². The number of hydrogen-bond donors (Lipinski definition) is 6. The molecule has 49 heavy (non-hydrogen) atoms. The zero-order chi connectivity index (χ0) is 35.2. The summed E-state index contributed by atoms with van der Waals surface area (Å²) in [5, 5.41) is 25.4. The molecule has 24 heteroatoms. The van der Waals surface area contributed by atoms with Gasteiger partial charge < -0.3 is 30.3 Å². The average Bonchev–Trinajstić information content (AvgIpc) is 3.85. The van der Waals surface area contributed by atoms with Crippen molar-refractivity contribution in [2.24, 2.45) is 9.98 Å². The van der Waals surface area contributed by atoms with Gasteiger partial charge in [-0.2, -0.15) is 0 Å². The molecule has 2 unspecified atom stereocenters. The van der Waals surface area contributed by atoms with Gasteiger partial charge in [0.1, 0.15) is 48.7 Å². The van der Waals surface area contributed by atoms with Crippen LogP contribution in [0.15, 0.2) is 41.1 Å². The van der Waals surface area contributed by atoms with Crippen LogP contribution in [0.4, 0.5) is 20.4 Å². The van der Waals surface area contributed by atoms with Crippen LogP contribution in [0.5, 0.6) is 0 Å². The number of nitrogens with zero attached hydrogens (tertiary/aromatic N) is 8. The second-order valence-corrected chi connectivity index (χ2v) is 13.7. The average molecular weight is 765 g/mol. The van der Waals surface area contributed by atoms with E-state index in [2.05, 4.69) is 71.8 Å². The molecule has 4 N–H and O–H groups in total. The lowest BCUT2D eigenvalue weighted by molar-refractivity contribution is -0.0435. The maximum absolute atomic E-state index is 15.3. The fraction of sp³-hybridized carbons (Fsp3) is 0.520. The molecule has 0 aliphatic carbocycles.